The van der Waals surface area contributed by atoms with Crippen molar-refractivity contribution >= 4 is 6.29 Å². The molecule has 5 nitrogen and oxygen atoms in total. The maximum atomic E-state index is 12.8. The second-order valence-electron chi connectivity index (χ2n) is 7.83. The number of hydrogen-bond donors (Lipinski definition) is 0. The van der Waals surface area contributed by atoms with Crippen molar-refractivity contribution in [3.8, 4) is 28.3 Å². The van der Waals surface area contributed by atoms with Gasteiger partial charge in [-0.05, 0) is 56.2 Å². The Labute approximate surface area is 183 Å². The molecule has 1 aromatic heterocycles. The largest absolute Gasteiger partial charge is 0.468 e. The lowest BCUT2D eigenvalue weighted by molar-refractivity contribution is -0.137. The number of nitrogens with zero attached hydrogens (tertiary/aromatic N) is 2. The Morgan fingerprint density at radius 3 is 2.22 bits per heavy atom. The fourth-order valence-corrected chi connectivity index (χ4v) is 3.88. The first-order valence-electron chi connectivity index (χ1n) is 10.5. The Hall–Kier alpha value is -3.13. The van der Waals surface area contributed by atoms with Crippen LogP contribution >= 0.6 is 0 Å². The molecule has 4 rings (SSSR count). The summed E-state index contributed by atoms with van der Waals surface area (Å²) in [7, 11) is 0. The highest BCUT2D eigenvalue weighted by atomic mass is 19.4. The first-order valence-corrected chi connectivity index (χ1v) is 10.5. The average molecular weight is 444 g/mol. The van der Waals surface area contributed by atoms with Gasteiger partial charge in [0.05, 0.1) is 5.56 Å². The second-order valence-corrected chi connectivity index (χ2v) is 7.83. The number of likely N-dealkylation sites (tertiary alicyclic amines) is 1. The Morgan fingerprint density at radius 2 is 1.62 bits per heavy atom. The van der Waals surface area contributed by atoms with Crippen LogP contribution in [0, 0.1) is 6.92 Å². The van der Waals surface area contributed by atoms with Gasteiger partial charge in [0.2, 0.25) is 6.23 Å². The number of aldehydes is 1. The van der Waals surface area contributed by atoms with Gasteiger partial charge >= 0.3 is 6.18 Å². The molecule has 1 atom stereocenters. The SMILES string of the molecule is Cc1c(-c2ccc(OC(C=O)N3CCCCC3)cc2)noc1-c1ccc(C(F)(F)F)cc1. The van der Waals surface area contributed by atoms with Gasteiger partial charge in [-0.2, -0.15) is 13.2 Å². The van der Waals surface area contributed by atoms with Gasteiger partial charge in [-0.1, -0.05) is 23.7 Å². The van der Waals surface area contributed by atoms with E-state index in [1.54, 1.807) is 12.1 Å². The molecule has 168 valence electrons. The normalized spacial score (nSPS) is 16.0. The van der Waals surface area contributed by atoms with Crippen LogP contribution in [0.4, 0.5) is 13.2 Å². The van der Waals surface area contributed by atoms with E-state index in [1.807, 2.05) is 24.0 Å². The average Bonchev–Trinajstić information content (AvgIpc) is 3.19. The number of rotatable bonds is 6. The minimum absolute atomic E-state index is 0.417. The van der Waals surface area contributed by atoms with Crippen LogP contribution < -0.4 is 4.74 Å². The Balaban J connectivity index is 1.50. The number of halogens is 3. The molecule has 0 radical (unpaired) electrons. The third kappa shape index (κ3) is 4.70. The van der Waals surface area contributed by atoms with Gasteiger partial charge in [0.25, 0.3) is 0 Å². The lowest BCUT2D eigenvalue weighted by Gasteiger charge is -2.31. The monoisotopic (exact) mass is 444 g/mol. The molecule has 0 saturated carbocycles. The van der Waals surface area contributed by atoms with Crippen molar-refractivity contribution in [3.63, 3.8) is 0 Å². The summed E-state index contributed by atoms with van der Waals surface area (Å²) in [5.74, 6) is 0.987. The predicted molar refractivity (Wildman–Crippen MR) is 113 cm³/mol. The molecule has 1 aliphatic heterocycles. The summed E-state index contributed by atoms with van der Waals surface area (Å²) in [5, 5.41) is 4.11. The predicted octanol–water partition coefficient (Wildman–Crippen LogP) is 5.73. The van der Waals surface area contributed by atoms with Crippen molar-refractivity contribution in [1.29, 1.82) is 0 Å². The van der Waals surface area contributed by atoms with Crippen molar-refractivity contribution in [2.45, 2.75) is 38.6 Å². The fourth-order valence-electron chi connectivity index (χ4n) is 3.88. The molecule has 1 aliphatic rings. The lowest BCUT2D eigenvalue weighted by atomic mass is 10.0. The molecule has 0 aliphatic carbocycles. The second kappa shape index (κ2) is 9.16. The van der Waals surface area contributed by atoms with Gasteiger partial charge in [0.15, 0.2) is 12.0 Å². The Kier molecular flexibility index (Phi) is 6.32. The third-order valence-corrected chi connectivity index (χ3v) is 5.65. The van der Waals surface area contributed by atoms with E-state index in [4.69, 9.17) is 9.26 Å². The molecule has 2 aromatic carbocycles. The van der Waals surface area contributed by atoms with Crippen molar-refractivity contribution in [2.24, 2.45) is 0 Å². The minimum atomic E-state index is -4.39. The first-order chi connectivity index (χ1) is 15.4. The van der Waals surface area contributed by atoms with E-state index in [2.05, 4.69) is 5.16 Å². The van der Waals surface area contributed by atoms with Gasteiger partial charge in [0.1, 0.15) is 11.4 Å². The van der Waals surface area contributed by atoms with Crippen LogP contribution in [0.5, 0.6) is 5.75 Å². The summed E-state index contributed by atoms with van der Waals surface area (Å²) in [6.07, 6.45) is -0.903. The zero-order valence-corrected chi connectivity index (χ0v) is 17.6. The summed E-state index contributed by atoms with van der Waals surface area (Å²) in [4.78, 5) is 13.5. The van der Waals surface area contributed by atoms with Gasteiger partial charge < -0.3 is 9.26 Å². The number of piperidine rings is 1. The Bertz CT molecular complexity index is 1050. The van der Waals surface area contributed by atoms with E-state index in [9.17, 15) is 18.0 Å². The van der Waals surface area contributed by atoms with Crippen LogP contribution in [-0.4, -0.2) is 35.7 Å². The number of carbonyl (C=O) groups excluding carboxylic acids is 1. The molecule has 1 saturated heterocycles. The zero-order valence-electron chi connectivity index (χ0n) is 17.6. The van der Waals surface area contributed by atoms with Gasteiger partial charge in [-0.25, -0.2) is 0 Å². The molecule has 0 N–H and O–H groups in total. The number of alkyl halides is 3. The number of benzene rings is 2. The summed E-state index contributed by atoms with van der Waals surface area (Å²) in [6.45, 7) is 3.49. The van der Waals surface area contributed by atoms with E-state index in [1.165, 1.54) is 18.6 Å². The van der Waals surface area contributed by atoms with Gasteiger partial charge in [-0.15, -0.1) is 0 Å². The molecule has 0 amide bonds. The first kappa shape index (κ1) is 22.1. The lowest BCUT2D eigenvalue weighted by Crippen LogP contribution is -2.43. The van der Waals surface area contributed by atoms with E-state index < -0.39 is 18.0 Å². The van der Waals surface area contributed by atoms with Crippen LogP contribution in [0.25, 0.3) is 22.6 Å². The van der Waals surface area contributed by atoms with Crippen LogP contribution in [-0.2, 0) is 11.0 Å². The highest BCUT2D eigenvalue weighted by molar-refractivity contribution is 5.72. The summed E-state index contributed by atoms with van der Waals surface area (Å²) in [6, 6.07) is 11.9. The maximum Gasteiger partial charge on any atom is 0.416 e. The molecule has 0 spiro atoms. The zero-order chi connectivity index (χ0) is 22.7. The smallest absolute Gasteiger partial charge is 0.416 e. The Morgan fingerprint density at radius 1 is 1.00 bits per heavy atom. The van der Waals surface area contributed by atoms with Crippen molar-refractivity contribution in [3.05, 3.63) is 59.7 Å². The highest BCUT2D eigenvalue weighted by Gasteiger charge is 2.30. The molecule has 3 aromatic rings. The summed E-state index contributed by atoms with van der Waals surface area (Å²) < 4.78 is 49.7. The molecular weight excluding hydrogens is 421 g/mol. The molecular formula is C24H23F3N2O3. The quantitative estimate of drug-likeness (QED) is 0.455. The van der Waals surface area contributed by atoms with E-state index in [0.29, 0.717) is 22.8 Å². The number of ether oxygens (including phenoxy) is 1. The van der Waals surface area contributed by atoms with Crippen LogP contribution in [0.15, 0.2) is 53.1 Å². The number of hydrogen-bond acceptors (Lipinski definition) is 5. The molecule has 1 unspecified atom stereocenters. The van der Waals surface area contributed by atoms with Crippen molar-refractivity contribution in [2.75, 3.05) is 13.1 Å². The van der Waals surface area contributed by atoms with Crippen molar-refractivity contribution in [1.82, 2.24) is 10.1 Å². The van der Waals surface area contributed by atoms with Crippen LogP contribution in [0.2, 0.25) is 0 Å². The van der Waals surface area contributed by atoms with Crippen molar-refractivity contribution < 1.29 is 27.2 Å². The van der Waals surface area contributed by atoms with Crippen LogP contribution in [0.1, 0.15) is 30.4 Å². The third-order valence-electron chi connectivity index (χ3n) is 5.65. The standard InChI is InChI=1S/C24H23F3N2O3/c1-16-22(28-32-23(16)18-5-9-19(10-6-18)24(25,26)27)17-7-11-20(12-8-17)31-21(15-30)29-13-3-2-4-14-29/h5-12,15,21H,2-4,13-14H2,1H3. The van der Waals surface area contributed by atoms with E-state index >= 15 is 0 Å². The molecule has 1 fully saturated rings. The fraction of sp³-hybridized carbons (Fsp3) is 0.333. The number of carbonyl (C=O) groups is 1. The van der Waals surface area contributed by atoms with Gasteiger partial charge in [-0.3, -0.25) is 9.69 Å². The summed E-state index contributed by atoms with van der Waals surface area (Å²) >= 11 is 0. The van der Waals surface area contributed by atoms with Gasteiger partial charge in [0, 0.05) is 29.8 Å². The number of aromatic nitrogens is 1. The highest BCUT2D eigenvalue weighted by Crippen LogP contribution is 2.35. The topological polar surface area (TPSA) is 55.6 Å². The minimum Gasteiger partial charge on any atom is -0.468 e. The van der Waals surface area contributed by atoms with Crippen LogP contribution in [0.3, 0.4) is 0 Å². The molecule has 32 heavy (non-hydrogen) atoms. The van der Waals surface area contributed by atoms with E-state index in [0.717, 1.165) is 55.5 Å². The summed E-state index contributed by atoms with van der Waals surface area (Å²) in [5.41, 5.74) is 1.89. The molecule has 8 heteroatoms. The van der Waals surface area contributed by atoms with E-state index in [-0.39, 0.29) is 0 Å². The molecule has 0 bridgehead atoms. The maximum absolute atomic E-state index is 12.8. The molecule has 2 heterocycles.